The van der Waals surface area contributed by atoms with Gasteiger partial charge in [-0.3, -0.25) is 10.00 Å². The van der Waals surface area contributed by atoms with Crippen molar-refractivity contribution in [1.82, 2.24) is 15.1 Å². The molecule has 2 heterocycles. The van der Waals surface area contributed by atoms with E-state index in [-0.39, 0.29) is 0 Å². The van der Waals surface area contributed by atoms with Gasteiger partial charge in [-0.25, -0.2) is 0 Å². The first-order valence-electron chi connectivity index (χ1n) is 8.12. The van der Waals surface area contributed by atoms with Gasteiger partial charge in [0, 0.05) is 24.7 Å². The summed E-state index contributed by atoms with van der Waals surface area (Å²) < 4.78 is 5.78. The van der Waals surface area contributed by atoms with E-state index >= 15 is 0 Å². The fourth-order valence-electron chi connectivity index (χ4n) is 3.10. The lowest BCUT2D eigenvalue weighted by Crippen LogP contribution is -2.37. The Morgan fingerprint density at radius 2 is 2.35 bits per heavy atom. The predicted molar refractivity (Wildman–Crippen MR) is 88.4 cm³/mol. The average Bonchev–Trinajstić information content (AvgIpc) is 3.02. The van der Waals surface area contributed by atoms with Crippen molar-refractivity contribution in [3.63, 3.8) is 0 Å². The third-order valence-corrected chi connectivity index (χ3v) is 4.29. The summed E-state index contributed by atoms with van der Waals surface area (Å²) in [6.07, 6.45) is 2.40. The first kappa shape index (κ1) is 15.6. The summed E-state index contributed by atoms with van der Waals surface area (Å²) in [4.78, 5) is 2.44. The van der Waals surface area contributed by atoms with Gasteiger partial charge < -0.3 is 4.74 Å². The maximum Gasteiger partial charge on any atom is 0.120 e. The second-order valence-corrected chi connectivity index (χ2v) is 6.10. The van der Waals surface area contributed by atoms with Crippen LogP contribution in [0.3, 0.4) is 0 Å². The zero-order valence-corrected chi connectivity index (χ0v) is 13.5. The molecule has 2 aromatic rings. The van der Waals surface area contributed by atoms with Gasteiger partial charge >= 0.3 is 0 Å². The van der Waals surface area contributed by atoms with Crippen molar-refractivity contribution in [2.75, 3.05) is 26.2 Å². The molecule has 1 aromatic carbocycles. The van der Waals surface area contributed by atoms with E-state index in [2.05, 4.69) is 27.2 Å². The van der Waals surface area contributed by atoms with Gasteiger partial charge in [-0.15, -0.1) is 0 Å². The summed E-state index contributed by atoms with van der Waals surface area (Å²) in [6, 6.07) is 11.6. The number of nitriles is 1. The van der Waals surface area contributed by atoms with Crippen LogP contribution in [-0.4, -0.2) is 41.3 Å². The molecule has 0 unspecified atom stereocenters. The quantitative estimate of drug-likeness (QED) is 0.922. The van der Waals surface area contributed by atoms with Crippen LogP contribution in [0.2, 0.25) is 0 Å². The lowest BCUT2D eigenvalue weighted by Gasteiger charge is -2.31. The Bertz CT molecular complexity index is 688. The monoisotopic (exact) mass is 310 g/mol. The summed E-state index contributed by atoms with van der Waals surface area (Å²) in [5, 5.41) is 16.4. The van der Waals surface area contributed by atoms with Gasteiger partial charge in [-0.1, -0.05) is 6.07 Å². The molecule has 1 saturated heterocycles. The molecule has 0 amide bonds. The molecule has 5 nitrogen and oxygen atoms in total. The minimum Gasteiger partial charge on any atom is -0.492 e. The topological polar surface area (TPSA) is 64.9 Å². The minimum absolute atomic E-state index is 0.510. The molecule has 0 radical (unpaired) electrons. The second kappa shape index (κ2) is 7.30. The van der Waals surface area contributed by atoms with E-state index in [1.54, 1.807) is 12.1 Å². The van der Waals surface area contributed by atoms with E-state index in [9.17, 15) is 0 Å². The average molecular weight is 310 g/mol. The number of piperidine rings is 1. The van der Waals surface area contributed by atoms with Crippen molar-refractivity contribution in [2.24, 2.45) is 0 Å². The summed E-state index contributed by atoms with van der Waals surface area (Å²) in [5.41, 5.74) is 2.93. The highest BCUT2D eigenvalue weighted by molar-refractivity contribution is 5.36. The van der Waals surface area contributed by atoms with Crippen LogP contribution in [0.1, 0.15) is 35.7 Å². The van der Waals surface area contributed by atoms with Crippen LogP contribution in [0.5, 0.6) is 5.75 Å². The molecule has 1 aliphatic heterocycles. The molecule has 1 N–H and O–H groups in total. The number of hydrogen-bond acceptors (Lipinski definition) is 4. The summed E-state index contributed by atoms with van der Waals surface area (Å²) in [7, 11) is 0. The van der Waals surface area contributed by atoms with Crippen LogP contribution in [0.4, 0.5) is 0 Å². The third-order valence-electron chi connectivity index (χ3n) is 4.29. The zero-order valence-electron chi connectivity index (χ0n) is 13.5. The van der Waals surface area contributed by atoms with Gasteiger partial charge in [0.05, 0.1) is 17.3 Å². The van der Waals surface area contributed by atoms with Crippen LogP contribution in [-0.2, 0) is 0 Å². The van der Waals surface area contributed by atoms with E-state index in [0.29, 0.717) is 18.1 Å². The van der Waals surface area contributed by atoms with Gasteiger partial charge in [0.1, 0.15) is 12.4 Å². The normalized spacial score (nSPS) is 18.5. The van der Waals surface area contributed by atoms with Gasteiger partial charge in [-0.05, 0) is 50.6 Å². The highest BCUT2D eigenvalue weighted by Crippen LogP contribution is 2.25. The van der Waals surface area contributed by atoms with E-state index in [4.69, 9.17) is 10.00 Å². The van der Waals surface area contributed by atoms with Crippen molar-refractivity contribution in [2.45, 2.75) is 25.7 Å². The maximum absolute atomic E-state index is 8.91. The van der Waals surface area contributed by atoms with Crippen LogP contribution in [0.25, 0.3) is 0 Å². The molecule has 1 aliphatic rings. The molecule has 23 heavy (non-hydrogen) atoms. The minimum atomic E-state index is 0.510. The Morgan fingerprint density at radius 1 is 1.43 bits per heavy atom. The largest absolute Gasteiger partial charge is 0.492 e. The van der Waals surface area contributed by atoms with Crippen LogP contribution in [0.15, 0.2) is 30.3 Å². The molecule has 0 spiro atoms. The first-order chi connectivity index (χ1) is 11.2. The highest BCUT2D eigenvalue weighted by atomic mass is 16.5. The second-order valence-electron chi connectivity index (χ2n) is 6.10. The SMILES string of the molecule is Cc1cc([C@@H]2CCCN(CCOc3cccc(C#N)c3)C2)n[nH]1. The molecule has 0 bridgehead atoms. The molecular formula is C18H22N4O. The number of aryl methyl sites for hydroxylation is 1. The van der Waals surface area contributed by atoms with Gasteiger partial charge in [-0.2, -0.15) is 10.4 Å². The number of benzene rings is 1. The molecule has 5 heteroatoms. The number of H-pyrrole nitrogens is 1. The molecule has 0 saturated carbocycles. The zero-order chi connectivity index (χ0) is 16.1. The van der Waals surface area contributed by atoms with Crippen molar-refractivity contribution >= 4 is 0 Å². The number of nitrogens with zero attached hydrogens (tertiary/aromatic N) is 3. The smallest absolute Gasteiger partial charge is 0.120 e. The van der Waals surface area contributed by atoms with Crippen molar-refractivity contribution in [3.8, 4) is 11.8 Å². The van der Waals surface area contributed by atoms with E-state index in [1.165, 1.54) is 18.5 Å². The molecule has 120 valence electrons. The molecule has 1 aromatic heterocycles. The third kappa shape index (κ3) is 4.11. The standard InChI is InChI=1S/C18H22N4O/c1-14-10-18(21-20-14)16-5-3-7-22(13-16)8-9-23-17-6-2-4-15(11-17)12-19/h2,4,6,10-11,16H,3,5,7-9,13H2,1H3,(H,20,21)/t16-/m1/s1. The lowest BCUT2D eigenvalue weighted by atomic mass is 9.95. The van der Waals surface area contributed by atoms with Crippen LogP contribution >= 0.6 is 0 Å². The van der Waals surface area contributed by atoms with Crippen molar-refractivity contribution < 1.29 is 4.74 Å². The maximum atomic E-state index is 8.91. The predicted octanol–water partition coefficient (Wildman–Crippen LogP) is 2.85. The molecule has 1 atom stereocenters. The number of ether oxygens (including phenoxy) is 1. The first-order valence-corrected chi connectivity index (χ1v) is 8.12. The van der Waals surface area contributed by atoms with Gasteiger partial charge in [0.2, 0.25) is 0 Å². The van der Waals surface area contributed by atoms with Crippen molar-refractivity contribution in [1.29, 1.82) is 5.26 Å². The number of aromatic amines is 1. The van der Waals surface area contributed by atoms with Crippen molar-refractivity contribution in [3.05, 3.63) is 47.3 Å². The Balaban J connectivity index is 1.49. The molecule has 1 fully saturated rings. The van der Waals surface area contributed by atoms with E-state index in [0.717, 1.165) is 31.1 Å². The number of aromatic nitrogens is 2. The molecular weight excluding hydrogens is 288 g/mol. The lowest BCUT2D eigenvalue weighted by molar-refractivity contribution is 0.169. The fourth-order valence-corrected chi connectivity index (χ4v) is 3.10. The summed E-state index contributed by atoms with van der Waals surface area (Å²) >= 11 is 0. The number of hydrogen-bond donors (Lipinski definition) is 1. The number of rotatable bonds is 5. The van der Waals surface area contributed by atoms with Gasteiger partial charge in [0.25, 0.3) is 0 Å². The Morgan fingerprint density at radius 3 is 3.13 bits per heavy atom. The fraction of sp³-hybridized carbons (Fsp3) is 0.444. The van der Waals surface area contributed by atoms with Gasteiger partial charge in [0.15, 0.2) is 0 Å². The highest BCUT2D eigenvalue weighted by Gasteiger charge is 2.22. The van der Waals surface area contributed by atoms with E-state index in [1.807, 2.05) is 19.1 Å². The Labute approximate surface area is 136 Å². The van der Waals surface area contributed by atoms with Crippen LogP contribution in [0, 0.1) is 18.3 Å². The molecule has 3 rings (SSSR count). The Kier molecular flexibility index (Phi) is 4.94. The Hall–Kier alpha value is -2.32. The van der Waals surface area contributed by atoms with E-state index < -0.39 is 0 Å². The summed E-state index contributed by atoms with van der Waals surface area (Å²) in [5.74, 6) is 1.27. The molecule has 0 aliphatic carbocycles. The number of nitrogens with one attached hydrogen (secondary N) is 1. The number of likely N-dealkylation sites (tertiary alicyclic amines) is 1. The summed E-state index contributed by atoms with van der Waals surface area (Å²) in [6.45, 7) is 5.73. The van der Waals surface area contributed by atoms with Crippen LogP contribution < -0.4 is 4.74 Å².